The normalized spacial score (nSPS) is 12.2. The number of halogens is 1. The Morgan fingerprint density at radius 3 is 2.28 bits per heavy atom. The molecule has 1 N–H and O–H groups in total. The monoisotopic (exact) mass is 377 g/mol. The van der Waals surface area contributed by atoms with Crippen LogP contribution in [0.5, 0.6) is 11.5 Å². The van der Waals surface area contributed by atoms with Gasteiger partial charge in [-0.3, -0.25) is 0 Å². The Morgan fingerprint density at radius 1 is 1.22 bits per heavy atom. The number of thiazole rings is 1. The molecule has 0 bridgehead atoms. The van der Waals surface area contributed by atoms with E-state index in [2.05, 4.69) is 27.6 Å². The van der Waals surface area contributed by atoms with Crippen molar-refractivity contribution < 1.29 is 14.6 Å². The minimum absolute atomic E-state index is 0.648. The van der Waals surface area contributed by atoms with Crippen LogP contribution in [0.3, 0.4) is 0 Å². The standard InChI is InChI=1S/C12H12INO3S/c1-16-8-3-7(4-9(5-8)17-2)11(15)12-14-6-10(13)18-12/h3-6,11,15H,1-2H3. The van der Waals surface area contributed by atoms with Crippen molar-refractivity contribution in [1.29, 1.82) is 0 Å². The predicted molar refractivity (Wildman–Crippen MR) is 78.4 cm³/mol. The van der Waals surface area contributed by atoms with Crippen LogP contribution >= 0.6 is 33.9 Å². The maximum Gasteiger partial charge on any atom is 0.131 e. The molecule has 4 nitrogen and oxygen atoms in total. The van der Waals surface area contributed by atoms with E-state index in [0.29, 0.717) is 22.1 Å². The molecular formula is C12H12INO3S. The van der Waals surface area contributed by atoms with Crippen LogP contribution in [0.25, 0.3) is 0 Å². The molecule has 2 rings (SSSR count). The molecule has 0 spiro atoms. The summed E-state index contributed by atoms with van der Waals surface area (Å²) in [4.78, 5) is 4.18. The number of hydrogen-bond acceptors (Lipinski definition) is 5. The van der Waals surface area contributed by atoms with Gasteiger partial charge in [0.2, 0.25) is 0 Å². The summed E-state index contributed by atoms with van der Waals surface area (Å²) < 4.78 is 11.4. The summed E-state index contributed by atoms with van der Waals surface area (Å²) in [5.74, 6) is 1.30. The molecule has 0 amide bonds. The number of rotatable bonds is 4. The molecule has 1 aromatic carbocycles. The summed E-state index contributed by atoms with van der Waals surface area (Å²) in [6, 6.07) is 5.32. The maximum absolute atomic E-state index is 10.3. The number of aliphatic hydroxyl groups is 1. The molecular weight excluding hydrogens is 365 g/mol. The fourth-order valence-corrected chi connectivity index (χ4v) is 3.00. The highest BCUT2D eigenvalue weighted by atomic mass is 127. The van der Waals surface area contributed by atoms with Gasteiger partial charge in [-0.05, 0) is 40.3 Å². The average Bonchev–Trinajstić information content (AvgIpc) is 2.83. The predicted octanol–water partition coefficient (Wildman–Crippen LogP) is 2.85. The summed E-state index contributed by atoms with van der Waals surface area (Å²) in [7, 11) is 3.16. The van der Waals surface area contributed by atoms with Crippen molar-refractivity contribution in [3.05, 3.63) is 37.9 Å². The van der Waals surface area contributed by atoms with E-state index < -0.39 is 6.10 Å². The zero-order valence-corrected chi connectivity index (χ0v) is 12.9. The molecule has 0 aliphatic carbocycles. The molecule has 6 heteroatoms. The smallest absolute Gasteiger partial charge is 0.131 e. The number of aliphatic hydroxyl groups excluding tert-OH is 1. The quantitative estimate of drug-likeness (QED) is 0.833. The number of methoxy groups -OCH3 is 2. The van der Waals surface area contributed by atoms with E-state index >= 15 is 0 Å². The van der Waals surface area contributed by atoms with Crippen LogP contribution in [-0.4, -0.2) is 24.3 Å². The molecule has 0 radical (unpaired) electrons. The Balaban J connectivity index is 2.37. The Hall–Kier alpha value is -0.860. The Morgan fingerprint density at radius 2 is 1.83 bits per heavy atom. The fraction of sp³-hybridized carbons (Fsp3) is 0.250. The first-order valence-electron chi connectivity index (χ1n) is 5.16. The minimum atomic E-state index is -0.762. The summed E-state index contributed by atoms with van der Waals surface area (Å²) >= 11 is 3.64. The van der Waals surface area contributed by atoms with E-state index in [0.717, 1.165) is 2.88 Å². The lowest BCUT2D eigenvalue weighted by Crippen LogP contribution is -2.00. The molecule has 1 aromatic heterocycles. The summed E-state index contributed by atoms with van der Waals surface area (Å²) in [6.07, 6.45) is 0.976. The second-order valence-electron chi connectivity index (χ2n) is 3.55. The van der Waals surface area contributed by atoms with Crippen molar-refractivity contribution in [2.45, 2.75) is 6.10 Å². The number of nitrogens with zero attached hydrogens (tertiary/aromatic N) is 1. The molecule has 2 aromatic rings. The number of benzene rings is 1. The number of ether oxygens (including phenoxy) is 2. The molecule has 96 valence electrons. The number of aromatic nitrogens is 1. The van der Waals surface area contributed by atoms with Gasteiger partial charge in [0.05, 0.1) is 23.3 Å². The zero-order chi connectivity index (χ0) is 13.1. The second-order valence-corrected chi connectivity index (χ2v) is 6.51. The third-order valence-corrected chi connectivity index (χ3v) is 4.20. The van der Waals surface area contributed by atoms with Gasteiger partial charge in [0.1, 0.15) is 22.6 Å². The Kier molecular flexibility index (Phi) is 4.41. The lowest BCUT2D eigenvalue weighted by Gasteiger charge is -2.11. The average molecular weight is 377 g/mol. The van der Waals surface area contributed by atoms with Crippen LogP contribution in [0, 0.1) is 2.88 Å². The molecule has 18 heavy (non-hydrogen) atoms. The first kappa shape index (κ1) is 13.6. The van der Waals surface area contributed by atoms with Gasteiger partial charge in [-0.2, -0.15) is 0 Å². The van der Waals surface area contributed by atoms with E-state index in [1.54, 1.807) is 38.6 Å². The van der Waals surface area contributed by atoms with Gasteiger partial charge in [-0.15, -0.1) is 11.3 Å². The van der Waals surface area contributed by atoms with Crippen LogP contribution < -0.4 is 9.47 Å². The van der Waals surface area contributed by atoms with E-state index in [4.69, 9.17) is 9.47 Å². The van der Waals surface area contributed by atoms with E-state index in [-0.39, 0.29) is 0 Å². The molecule has 0 saturated carbocycles. The first-order valence-corrected chi connectivity index (χ1v) is 7.06. The van der Waals surface area contributed by atoms with E-state index in [1.807, 2.05) is 0 Å². The van der Waals surface area contributed by atoms with Crippen LogP contribution in [0.2, 0.25) is 0 Å². The van der Waals surface area contributed by atoms with E-state index in [1.165, 1.54) is 11.3 Å². The molecule has 0 aliphatic rings. The van der Waals surface area contributed by atoms with Crippen molar-refractivity contribution >= 4 is 33.9 Å². The van der Waals surface area contributed by atoms with Crippen molar-refractivity contribution in [1.82, 2.24) is 4.98 Å². The topological polar surface area (TPSA) is 51.6 Å². The lowest BCUT2D eigenvalue weighted by molar-refractivity contribution is 0.218. The third-order valence-electron chi connectivity index (χ3n) is 2.42. The van der Waals surface area contributed by atoms with Crippen molar-refractivity contribution in [3.63, 3.8) is 0 Å². The van der Waals surface area contributed by atoms with Crippen molar-refractivity contribution in [2.75, 3.05) is 14.2 Å². The Labute approximate surface area is 123 Å². The van der Waals surface area contributed by atoms with Gasteiger partial charge in [-0.1, -0.05) is 0 Å². The van der Waals surface area contributed by atoms with Crippen molar-refractivity contribution in [3.8, 4) is 11.5 Å². The van der Waals surface area contributed by atoms with Gasteiger partial charge >= 0.3 is 0 Å². The van der Waals surface area contributed by atoms with Gasteiger partial charge in [0.15, 0.2) is 0 Å². The van der Waals surface area contributed by atoms with E-state index in [9.17, 15) is 5.11 Å². The lowest BCUT2D eigenvalue weighted by atomic mass is 10.1. The molecule has 1 unspecified atom stereocenters. The van der Waals surface area contributed by atoms with Crippen LogP contribution in [-0.2, 0) is 0 Å². The van der Waals surface area contributed by atoms with Crippen LogP contribution in [0.4, 0.5) is 0 Å². The molecule has 0 saturated heterocycles. The zero-order valence-electron chi connectivity index (χ0n) is 9.88. The second kappa shape index (κ2) is 5.85. The summed E-state index contributed by atoms with van der Waals surface area (Å²) in [5.41, 5.74) is 0.706. The molecule has 1 heterocycles. The van der Waals surface area contributed by atoms with Gasteiger partial charge in [0, 0.05) is 6.07 Å². The Bertz CT molecular complexity index is 522. The van der Waals surface area contributed by atoms with Crippen LogP contribution in [0.1, 0.15) is 16.7 Å². The highest BCUT2D eigenvalue weighted by Gasteiger charge is 2.16. The van der Waals surface area contributed by atoms with Crippen molar-refractivity contribution in [2.24, 2.45) is 0 Å². The summed E-state index contributed by atoms with van der Waals surface area (Å²) in [6.45, 7) is 0. The molecule has 0 aliphatic heterocycles. The maximum atomic E-state index is 10.3. The molecule has 1 atom stereocenters. The van der Waals surface area contributed by atoms with Gasteiger partial charge in [0.25, 0.3) is 0 Å². The summed E-state index contributed by atoms with van der Waals surface area (Å²) in [5, 5.41) is 10.9. The fourth-order valence-electron chi connectivity index (χ4n) is 1.52. The SMILES string of the molecule is COc1cc(OC)cc(C(O)c2ncc(I)s2)c1. The highest BCUT2D eigenvalue weighted by Crippen LogP contribution is 2.31. The highest BCUT2D eigenvalue weighted by molar-refractivity contribution is 14.1. The van der Waals surface area contributed by atoms with Crippen LogP contribution in [0.15, 0.2) is 24.4 Å². The number of hydrogen-bond donors (Lipinski definition) is 1. The van der Waals surface area contributed by atoms with Gasteiger partial charge in [-0.25, -0.2) is 4.98 Å². The third kappa shape index (κ3) is 2.93. The first-order chi connectivity index (χ1) is 8.63. The largest absolute Gasteiger partial charge is 0.497 e. The van der Waals surface area contributed by atoms with Gasteiger partial charge < -0.3 is 14.6 Å². The molecule has 0 fully saturated rings. The minimum Gasteiger partial charge on any atom is -0.497 e.